The van der Waals surface area contributed by atoms with Crippen molar-refractivity contribution in [3.05, 3.63) is 202 Å². The van der Waals surface area contributed by atoms with Crippen LogP contribution in [0.25, 0.3) is 66.1 Å². The molecule has 4 amide bonds. The van der Waals surface area contributed by atoms with Crippen molar-refractivity contribution in [1.82, 2.24) is 9.13 Å². The van der Waals surface area contributed by atoms with E-state index >= 15 is 0 Å². The van der Waals surface area contributed by atoms with Crippen LogP contribution < -0.4 is 9.80 Å². The molecule has 0 N–H and O–H groups in total. The van der Waals surface area contributed by atoms with Crippen LogP contribution >= 0.6 is 0 Å². The average molecular weight is 831 g/mol. The zero-order chi connectivity index (χ0) is 43.7. The van der Waals surface area contributed by atoms with E-state index in [1.54, 1.807) is 12.1 Å². The van der Waals surface area contributed by atoms with Gasteiger partial charge in [0.2, 0.25) is 0 Å². The van der Waals surface area contributed by atoms with E-state index in [1.165, 1.54) is 9.80 Å². The van der Waals surface area contributed by atoms with E-state index in [9.17, 15) is 19.2 Å². The minimum Gasteiger partial charge on any atom is -0.309 e. The third-order valence-electron chi connectivity index (χ3n) is 13.2. The molecule has 10 aromatic rings. The van der Waals surface area contributed by atoms with Crippen molar-refractivity contribution in [1.29, 1.82) is 0 Å². The highest BCUT2D eigenvalue weighted by atomic mass is 16.2. The molecule has 8 heteroatoms. The fraction of sp³-hybridized carbons (Fsp3) is 0.0714. The van der Waals surface area contributed by atoms with Gasteiger partial charge in [-0.05, 0) is 146 Å². The second kappa shape index (κ2) is 13.6. The number of imide groups is 2. The molecule has 0 radical (unpaired) electrons. The smallest absolute Gasteiger partial charge is 0.266 e. The molecule has 4 heterocycles. The Morgan fingerprint density at radius 2 is 0.594 bits per heavy atom. The van der Waals surface area contributed by atoms with Gasteiger partial charge in [0.05, 0.1) is 55.7 Å². The predicted octanol–water partition coefficient (Wildman–Crippen LogP) is 12.4. The molecule has 0 bridgehead atoms. The zero-order valence-electron chi connectivity index (χ0n) is 35.4. The molecule has 0 spiro atoms. The molecule has 12 rings (SSSR count). The van der Waals surface area contributed by atoms with Crippen molar-refractivity contribution in [2.24, 2.45) is 0 Å². The predicted molar refractivity (Wildman–Crippen MR) is 255 cm³/mol. The van der Waals surface area contributed by atoms with Crippen LogP contribution in [-0.4, -0.2) is 32.8 Å². The van der Waals surface area contributed by atoms with Crippen molar-refractivity contribution in [3.63, 3.8) is 0 Å². The van der Waals surface area contributed by atoms with Gasteiger partial charge in [-0.3, -0.25) is 19.2 Å². The Morgan fingerprint density at radius 1 is 0.312 bits per heavy atom. The third-order valence-corrected chi connectivity index (χ3v) is 13.2. The summed E-state index contributed by atoms with van der Waals surface area (Å²) in [4.78, 5) is 59.5. The highest BCUT2D eigenvalue weighted by Gasteiger charge is 2.40. The average Bonchev–Trinajstić information content (AvgIpc) is 3.97. The van der Waals surface area contributed by atoms with Crippen LogP contribution in [0.2, 0.25) is 0 Å². The van der Waals surface area contributed by atoms with Crippen LogP contribution in [0.3, 0.4) is 0 Å². The zero-order valence-corrected chi connectivity index (χ0v) is 35.4. The number of rotatable bonds is 5. The monoisotopic (exact) mass is 830 g/mol. The maximum absolute atomic E-state index is 14.3. The van der Waals surface area contributed by atoms with Crippen molar-refractivity contribution >= 4 is 78.6 Å². The van der Waals surface area contributed by atoms with E-state index < -0.39 is 0 Å². The molecule has 2 aliphatic heterocycles. The lowest BCUT2D eigenvalue weighted by molar-refractivity contribution is 0.0910. The number of hydrogen-bond donors (Lipinski definition) is 0. The first-order chi connectivity index (χ1) is 31.1. The fourth-order valence-corrected chi connectivity index (χ4v) is 10.5. The van der Waals surface area contributed by atoms with Gasteiger partial charge in [0, 0.05) is 32.9 Å². The van der Waals surface area contributed by atoms with Gasteiger partial charge in [0.25, 0.3) is 23.6 Å². The first-order valence-corrected chi connectivity index (χ1v) is 21.3. The van der Waals surface area contributed by atoms with Gasteiger partial charge in [-0.2, -0.15) is 0 Å². The van der Waals surface area contributed by atoms with Crippen LogP contribution in [0.4, 0.5) is 11.4 Å². The summed E-state index contributed by atoms with van der Waals surface area (Å²) >= 11 is 0. The van der Waals surface area contributed by atoms with Crippen LogP contribution in [0, 0.1) is 27.7 Å². The number of benzene rings is 8. The number of carbonyl (C=O) groups excluding carboxylic acids is 4. The van der Waals surface area contributed by atoms with Gasteiger partial charge in [0.1, 0.15) is 0 Å². The summed E-state index contributed by atoms with van der Waals surface area (Å²) in [5.74, 6) is -1.43. The topological polar surface area (TPSA) is 84.6 Å². The van der Waals surface area contributed by atoms with E-state index in [0.717, 1.165) is 88.4 Å². The number of aromatic nitrogens is 2. The number of aryl methyl sites for hydroxylation is 4. The molecule has 8 aromatic carbocycles. The fourth-order valence-electron chi connectivity index (χ4n) is 10.5. The van der Waals surface area contributed by atoms with Crippen molar-refractivity contribution in [2.45, 2.75) is 27.7 Å². The van der Waals surface area contributed by atoms with Gasteiger partial charge >= 0.3 is 0 Å². The standard InChI is InChI=1S/C56H38N4O4/c1-31-25-35(26-32(2)51(31)59-53(61)43-23-21-37(29-45(43)55(59)63)57-47-17-9-5-13-39(47)40-14-6-10-18-48(40)57)36-27-33(3)52(34(4)28-36)60-54(62)44-24-22-38(30-46(44)56(60)64)58-49-19-11-7-15-41(49)42-16-8-12-20-50(42)58/h5-30H,1-4H3. The summed E-state index contributed by atoms with van der Waals surface area (Å²) in [5.41, 5.74) is 13.1. The lowest BCUT2D eigenvalue weighted by Crippen LogP contribution is -2.31. The Morgan fingerprint density at radius 3 is 0.906 bits per heavy atom. The van der Waals surface area contributed by atoms with Crippen LogP contribution in [0.5, 0.6) is 0 Å². The number of nitrogens with zero attached hydrogens (tertiary/aromatic N) is 4. The third kappa shape index (κ3) is 5.16. The minimum atomic E-state index is -0.360. The summed E-state index contributed by atoms with van der Waals surface area (Å²) in [7, 11) is 0. The highest BCUT2D eigenvalue weighted by molar-refractivity contribution is 6.36. The van der Waals surface area contributed by atoms with E-state index in [0.29, 0.717) is 33.6 Å². The molecule has 0 fully saturated rings. The Balaban J connectivity index is 0.860. The quantitative estimate of drug-likeness (QED) is 0.162. The Hall–Kier alpha value is -8.36. The van der Waals surface area contributed by atoms with Gasteiger partial charge < -0.3 is 9.13 Å². The first-order valence-electron chi connectivity index (χ1n) is 21.3. The molecule has 8 nitrogen and oxygen atoms in total. The van der Waals surface area contributed by atoms with Crippen LogP contribution in [-0.2, 0) is 0 Å². The van der Waals surface area contributed by atoms with Gasteiger partial charge in [-0.15, -0.1) is 0 Å². The highest BCUT2D eigenvalue weighted by Crippen LogP contribution is 2.42. The van der Waals surface area contributed by atoms with E-state index in [2.05, 4.69) is 57.7 Å². The molecule has 64 heavy (non-hydrogen) atoms. The van der Waals surface area contributed by atoms with Crippen LogP contribution in [0.15, 0.2) is 158 Å². The van der Waals surface area contributed by atoms with Gasteiger partial charge in [-0.25, -0.2) is 9.80 Å². The lowest BCUT2D eigenvalue weighted by Gasteiger charge is -2.22. The Labute approximate surface area is 367 Å². The molecule has 2 aromatic heterocycles. The second-order valence-electron chi connectivity index (χ2n) is 17.0. The summed E-state index contributed by atoms with van der Waals surface area (Å²) in [5, 5.41) is 4.46. The summed E-state index contributed by atoms with van der Waals surface area (Å²) < 4.78 is 4.29. The number of hydrogen-bond acceptors (Lipinski definition) is 4. The summed E-state index contributed by atoms with van der Waals surface area (Å²) in [6.45, 7) is 7.66. The number of fused-ring (bicyclic) bond motifs is 8. The summed E-state index contributed by atoms with van der Waals surface area (Å²) in [6, 6.07) is 51.8. The van der Waals surface area contributed by atoms with E-state index in [-0.39, 0.29) is 23.6 Å². The normalized spacial score (nSPS) is 13.7. The van der Waals surface area contributed by atoms with Crippen molar-refractivity contribution in [3.8, 4) is 22.5 Å². The number of para-hydroxylation sites is 4. The molecule has 0 atom stereocenters. The minimum absolute atomic E-state index is 0.355. The largest absolute Gasteiger partial charge is 0.309 e. The molecule has 0 saturated heterocycles. The maximum Gasteiger partial charge on any atom is 0.266 e. The summed E-state index contributed by atoms with van der Waals surface area (Å²) in [6.07, 6.45) is 0. The molecule has 0 aliphatic carbocycles. The lowest BCUT2D eigenvalue weighted by atomic mass is 9.94. The molecular weight excluding hydrogens is 793 g/mol. The van der Waals surface area contributed by atoms with E-state index in [1.807, 2.05) is 125 Å². The number of amides is 4. The Kier molecular flexibility index (Phi) is 7.93. The Bertz CT molecular complexity index is 3380. The molecule has 0 unspecified atom stereocenters. The molecule has 306 valence electrons. The van der Waals surface area contributed by atoms with Crippen molar-refractivity contribution in [2.75, 3.05) is 9.80 Å². The molecule has 0 saturated carbocycles. The maximum atomic E-state index is 14.3. The van der Waals surface area contributed by atoms with Gasteiger partial charge in [0.15, 0.2) is 0 Å². The van der Waals surface area contributed by atoms with Gasteiger partial charge in [-0.1, -0.05) is 72.8 Å². The SMILES string of the molecule is Cc1cc(-c2cc(C)c(N3C(=O)c4ccc(-n5c6ccccc6c6ccccc65)cc4C3=O)c(C)c2)cc(C)c1N1C(=O)c2ccc(-n3c4ccccc4c4ccccc43)cc2C1=O. The molecule has 2 aliphatic rings. The number of carbonyl (C=O) groups is 4. The number of anilines is 2. The molecular formula is C56H38N4O4. The second-order valence-corrected chi connectivity index (χ2v) is 17.0. The van der Waals surface area contributed by atoms with Crippen LogP contribution in [0.1, 0.15) is 63.7 Å². The van der Waals surface area contributed by atoms with Crippen molar-refractivity contribution < 1.29 is 19.2 Å². The van der Waals surface area contributed by atoms with E-state index in [4.69, 9.17) is 0 Å². The first kappa shape index (κ1) is 37.4.